The summed E-state index contributed by atoms with van der Waals surface area (Å²) in [5, 5.41) is 8.71. The second-order valence-corrected chi connectivity index (χ2v) is 5.14. The van der Waals surface area contributed by atoms with Gasteiger partial charge in [-0.15, -0.1) is 0 Å². The van der Waals surface area contributed by atoms with Crippen molar-refractivity contribution < 1.29 is 14.7 Å². The van der Waals surface area contributed by atoms with E-state index in [0.717, 1.165) is 18.6 Å². The number of carbonyl (C=O) groups excluding carboxylic acids is 1. The van der Waals surface area contributed by atoms with Crippen LogP contribution in [0.1, 0.15) is 40.0 Å². The van der Waals surface area contributed by atoms with Crippen molar-refractivity contribution in [2.45, 2.75) is 46.1 Å². The SMILES string of the molecule is CCCCSCC(=O)N(CC)C(C)CC(=O)O. The Labute approximate surface area is 108 Å². The Hall–Kier alpha value is -0.710. The van der Waals surface area contributed by atoms with Gasteiger partial charge in [-0.25, -0.2) is 0 Å². The number of nitrogens with zero attached hydrogens (tertiary/aromatic N) is 1. The lowest BCUT2D eigenvalue weighted by Gasteiger charge is -2.26. The summed E-state index contributed by atoms with van der Waals surface area (Å²) in [6, 6.07) is -0.225. The number of amides is 1. The Morgan fingerprint density at radius 1 is 1.35 bits per heavy atom. The highest BCUT2D eigenvalue weighted by molar-refractivity contribution is 7.99. The van der Waals surface area contributed by atoms with Gasteiger partial charge in [0.1, 0.15) is 0 Å². The van der Waals surface area contributed by atoms with Crippen molar-refractivity contribution in [1.29, 1.82) is 0 Å². The van der Waals surface area contributed by atoms with Gasteiger partial charge in [-0.05, 0) is 26.0 Å². The summed E-state index contributed by atoms with van der Waals surface area (Å²) in [7, 11) is 0. The van der Waals surface area contributed by atoms with E-state index in [1.165, 1.54) is 0 Å². The van der Waals surface area contributed by atoms with E-state index in [9.17, 15) is 9.59 Å². The number of hydrogen-bond donors (Lipinski definition) is 1. The van der Waals surface area contributed by atoms with Crippen LogP contribution in [0.25, 0.3) is 0 Å². The van der Waals surface area contributed by atoms with Gasteiger partial charge in [-0.2, -0.15) is 11.8 Å². The van der Waals surface area contributed by atoms with Crippen LogP contribution in [0.15, 0.2) is 0 Å². The number of aliphatic carboxylic acids is 1. The van der Waals surface area contributed by atoms with Gasteiger partial charge in [0.05, 0.1) is 12.2 Å². The fourth-order valence-electron chi connectivity index (χ4n) is 1.59. The molecular formula is C12H23NO3S. The molecular weight excluding hydrogens is 238 g/mol. The number of carboxylic acids is 1. The Bertz CT molecular complexity index is 246. The molecule has 0 heterocycles. The number of carboxylic acid groups (broad SMARTS) is 1. The lowest BCUT2D eigenvalue weighted by Crippen LogP contribution is -2.40. The van der Waals surface area contributed by atoms with Crippen LogP contribution in [-0.2, 0) is 9.59 Å². The summed E-state index contributed by atoms with van der Waals surface area (Å²) in [4.78, 5) is 24.1. The maximum absolute atomic E-state index is 11.9. The van der Waals surface area contributed by atoms with Crippen LogP contribution >= 0.6 is 11.8 Å². The van der Waals surface area contributed by atoms with Crippen LogP contribution in [-0.4, -0.2) is 46.0 Å². The van der Waals surface area contributed by atoms with Crippen LogP contribution in [0.5, 0.6) is 0 Å². The van der Waals surface area contributed by atoms with E-state index in [2.05, 4.69) is 6.92 Å². The number of hydrogen-bond acceptors (Lipinski definition) is 3. The van der Waals surface area contributed by atoms with E-state index >= 15 is 0 Å². The standard InChI is InChI=1S/C12H23NO3S/c1-4-6-7-17-9-11(14)13(5-2)10(3)8-12(15)16/h10H,4-9H2,1-3H3,(H,15,16). The first-order valence-corrected chi connectivity index (χ1v) is 7.27. The highest BCUT2D eigenvalue weighted by atomic mass is 32.2. The van der Waals surface area contributed by atoms with E-state index in [0.29, 0.717) is 12.3 Å². The first kappa shape index (κ1) is 16.3. The molecule has 0 radical (unpaired) electrons. The maximum atomic E-state index is 11.9. The van der Waals surface area contributed by atoms with Crippen LogP contribution < -0.4 is 0 Å². The maximum Gasteiger partial charge on any atom is 0.305 e. The predicted molar refractivity (Wildman–Crippen MR) is 71.3 cm³/mol. The molecule has 4 nitrogen and oxygen atoms in total. The van der Waals surface area contributed by atoms with Crippen molar-refractivity contribution in [3.05, 3.63) is 0 Å². The smallest absolute Gasteiger partial charge is 0.305 e. The molecule has 0 aliphatic carbocycles. The van der Waals surface area contributed by atoms with Gasteiger partial charge < -0.3 is 10.0 Å². The van der Waals surface area contributed by atoms with Gasteiger partial charge in [0, 0.05) is 12.6 Å². The summed E-state index contributed by atoms with van der Waals surface area (Å²) in [5.74, 6) is 0.634. The molecule has 5 heteroatoms. The fourth-order valence-corrected chi connectivity index (χ4v) is 2.56. The summed E-state index contributed by atoms with van der Waals surface area (Å²) < 4.78 is 0. The number of thioether (sulfide) groups is 1. The molecule has 1 atom stereocenters. The second kappa shape index (κ2) is 9.33. The van der Waals surface area contributed by atoms with Gasteiger partial charge in [0.15, 0.2) is 0 Å². The molecule has 1 amide bonds. The molecule has 0 aliphatic heterocycles. The lowest BCUT2D eigenvalue weighted by molar-refractivity contribution is -0.139. The minimum Gasteiger partial charge on any atom is -0.481 e. The number of rotatable bonds is 9. The van der Waals surface area contributed by atoms with E-state index in [1.54, 1.807) is 23.6 Å². The topological polar surface area (TPSA) is 57.6 Å². The lowest BCUT2D eigenvalue weighted by atomic mass is 10.2. The molecule has 0 bridgehead atoms. The zero-order valence-electron chi connectivity index (χ0n) is 10.9. The monoisotopic (exact) mass is 261 g/mol. The Morgan fingerprint density at radius 3 is 2.47 bits per heavy atom. The third-order valence-corrected chi connectivity index (χ3v) is 3.56. The minimum atomic E-state index is -0.859. The van der Waals surface area contributed by atoms with E-state index in [1.807, 2.05) is 6.92 Å². The molecule has 0 fully saturated rings. The average Bonchev–Trinajstić information content (AvgIpc) is 2.24. The molecule has 1 unspecified atom stereocenters. The molecule has 17 heavy (non-hydrogen) atoms. The summed E-state index contributed by atoms with van der Waals surface area (Å²) in [6.45, 7) is 6.36. The molecule has 0 aromatic heterocycles. The minimum absolute atomic E-state index is 0.0131. The van der Waals surface area contributed by atoms with Crippen LogP contribution in [0.3, 0.4) is 0 Å². The third kappa shape index (κ3) is 7.26. The molecule has 0 saturated heterocycles. The van der Waals surface area contributed by atoms with Gasteiger partial charge in [-0.3, -0.25) is 9.59 Å². The second-order valence-electron chi connectivity index (χ2n) is 4.03. The van der Waals surface area contributed by atoms with Crippen molar-refractivity contribution in [2.24, 2.45) is 0 Å². The highest BCUT2D eigenvalue weighted by Crippen LogP contribution is 2.10. The molecule has 100 valence electrons. The Morgan fingerprint density at radius 2 is 2.00 bits per heavy atom. The third-order valence-electron chi connectivity index (χ3n) is 2.53. The van der Waals surface area contributed by atoms with Gasteiger partial charge >= 0.3 is 5.97 Å². The molecule has 0 aliphatic rings. The molecule has 0 rings (SSSR count). The van der Waals surface area contributed by atoms with E-state index in [4.69, 9.17) is 5.11 Å². The van der Waals surface area contributed by atoms with Crippen molar-refractivity contribution >= 4 is 23.6 Å². The molecule has 0 aromatic carbocycles. The van der Waals surface area contributed by atoms with Gasteiger partial charge in [0.25, 0.3) is 0 Å². The van der Waals surface area contributed by atoms with Gasteiger partial charge in [0.2, 0.25) is 5.91 Å². The number of unbranched alkanes of at least 4 members (excludes halogenated alkanes) is 1. The van der Waals surface area contributed by atoms with Crippen LogP contribution in [0, 0.1) is 0 Å². The van der Waals surface area contributed by atoms with Crippen molar-refractivity contribution in [3.8, 4) is 0 Å². The zero-order chi connectivity index (χ0) is 13.3. The molecule has 1 N–H and O–H groups in total. The summed E-state index contributed by atoms with van der Waals surface area (Å²) >= 11 is 1.63. The predicted octanol–water partition coefficient (Wildman–Crippen LogP) is 2.23. The Balaban J connectivity index is 4.06. The number of carbonyl (C=O) groups is 2. The van der Waals surface area contributed by atoms with E-state index in [-0.39, 0.29) is 18.4 Å². The van der Waals surface area contributed by atoms with E-state index < -0.39 is 5.97 Å². The summed E-state index contributed by atoms with van der Waals surface area (Å²) in [5.41, 5.74) is 0. The van der Waals surface area contributed by atoms with Gasteiger partial charge in [-0.1, -0.05) is 13.3 Å². The summed E-state index contributed by atoms with van der Waals surface area (Å²) in [6.07, 6.45) is 2.27. The van der Waals surface area contributed by atoms with Crippen LogP contribution in [0.2, 0.25) is 0 Å². The van der Waals surface area contributed by atoms with Crippen molar-refractivity contribution in [3.63, 3.8) is 0 Å². The quantitative estimate of drug-likeness (QED) is 0.647. The van der Waals surface area contributed by atoms with Crippen molar-refractivity contribution in [2.75, 3.05) is 18.1 Å². The van der Waals surface area contributed by atoms with Crippen LogP contribution in [0.4, 0.5) is 0 Å². The highest BCUT2D eigenvalue weighted by Gasteiger charge is 2.20. The zero-order valence-corrected chi connectivity index (χ0v) is 11.8. The molecule has 0 saturated carbocycles. The Kier molecular flexibility index (Phi) is 8.94. The van der Waals surface area contributed by atoms with Crippen molar-refractivity contribution in [1.82, 2.24) is 4.90 Å². The normalized spacial score (nSPS) is 12.2. The fraction of sp³-hybridized carbons (Fsp3) is 0.833. The molecule has 0 aromatic rings. The molecule has 0 spiro atoms. The first-order chi connectivity index (χ1) is 8.02. The largest absolute Gasteiger partial charge is 0.481 e. The first-order valence-electron chi connectivity index (χ1n) is 6.11. The average molecular weight is 261 g/mol.